The van der Waals surface area contributed by atoms with Crippen molar-refractivity contribution in [2.45, 2.75) is 13.0 Å². The van der Waals surface area contributed by atoms with Crippen molar-refractivity contribution in [1.29, 1.82) is 0 Å². The third-order valence-corrected chi connectivity index (χ3v) is 4.04. The van der Waals surface area contributed by atoms with Crippen LogP contribution in [-0.4, -0.2) is 48.5 Å². The number of nitrogens with zero attached hydrogens (tertiary/aromatic N) is 3. The van der Waals surface area contributed by atoms with Crippen LogP contribution in [0.25, 0.3) is 0 Å². The molecule has 1 atom stereocenters. The molecule has 0 N–H and O–H groups in total. The highest BCUT2D eigenvalue weighted by Crippen LogP contribution is 2.25. The summed E-state index contributed by atoms with van der Waals surface area (Å²) in [7, 11) is 4.20. The first-order chi connectivity index (χ1) is 9.45. The summed E-state index contributed by atoms with van der Waals surface area (Å²) >= 11 is 5.82. The molecule has 1 fully saturated rings. The fraction of sp³-hybridized carbons (Fsp3) is 0.571. The second-order valence-corrected chi connectivity index (χ2v) is 6.06. The molecule has 110 valence electrons. The van der Waals surface area contributed by atoms with Gasteiger partial charge in [0, 0.05) is 25.7 Å². The molecule has 0 saturated carbocycles. The minimum absolute atomic E-state index is 0.0156. The number of halogens is 1. The summed E-state index contributed by atoms with van der Waals surface area (Å²) in [5.74, 6) is 0.687. The van der Waals surface area contributed by atoms with Crippen molar-refractivity contribution in [2.24, 2.45) is 5.92 Å². The van der Waals surface area contributed by atoms with Crippen LogP contribution in [-0.2, 0) is 6.54 Å². The fourth-order valence-electron chi connectivity index (χ4n) is 2.79. The molecule has 0 radical (unpaired) electrons. The Bertz CT molecular complexity index is 495. The summed E-state index contributed by atoms with van der Waals surface area (Å²) in [5.41, 5.74) is 0.910. The summed E-state index contributed by atoms with van der Waals surface area (Å²) < 4.78 is 0. The second kappa shape index (κ2) is 6.52. The minimum atomic E-state index is -0.433. The van der Waals surface area contributed by atoms with E-state index in [0.29, 0.717) is 12.5 Å². The van der Waals surface area contributed by atoms with E-state index < -0.39 is 4.92 Å². The van der Waals surface area contributed by atoms with Crippen molar-refractivity contribution in [3.05, 3.63) is 38.9 Å². The van der Waals surface area contributed by atoms with Crippen LogP contribution in [0.15, 0.2) is 18.2 Å². The van der Waals surface area contributed by atoms with Gasteiger partial charge in [0.25, 0.3) is 5.69 Å². The lowest BCUT2D eigenvalue weighted by Gasteiger charge is -2.21. The van der Waals surface area contributed by atoms with Crippen LogP contribution in [0.3, 0.4) is 0 Å². The minimum Gasteiger partial charge on any atom is -0.306 e. The molecule has 1 aliphatic heterocycles. The Morgan fingerprint density at radius 2 is 2.30 bits per heavy atom. The van der Waals surface area contributed by atoms with Crippen LogP contribution in [0.4, 0.5) is 5.69 Å². The van der Waals surface area contributed by atoms with Gasteiger partial charge in [-0.25, -0.2) is 0 Å². The molecule has 0 amide bonds. The van der Waals surface area contributed by atoms with Gasteiger partial charge in [0.05, 0.1) is 4.92 Å². The van der Waals surface area contributed by atoms with Crippen LogP contribution in [0.5, 0.6) is 0 Å². The first-order valence-corrected chi connectivity index (χ1v) is 7.13. The van der Waals surface area contributed by atoms with E-state index >= 15 is 0 Å². The monoisotopic (exact) mass is 297 g/mol. The molecule has 1 aromatic carbocycles. The van der Waals surface area contributed by atoms with E-state index in [1.165, 1.54) is 6.42 Å². The third-order valence-electron chi connectivity index (χ3n) is 3.72. The highest BCUT2D eigenvalue weighted by Gasteiger charge is 2.21. The lowest BCUT2D eigenvalue weighted by molar-refractivity contribution is -0.384. The molecule has 2 rings (SSSR count). The largest absolute Gasteiger partial charge is 0.306 e. The van der Waals surface area contributed by atoms with Crippen LogP contribution in [0, 0.1) is 16.0 Å². The molecule has 6 heteroatoms. The average molecular weight is 298 g/mol. The van der Waals surface area contributed by atoms with Crippen LogP contribution in [0.2, 0.25) is 5.02 Å². The van der Waals surface area contributed by atoms with E-state index in [1.54, 1.807) is 12.1 Å². The van der Waals surface area contributed by atoms with Crippen LogP contribution >= 0.6 is 11.6 Å². The Morgan fingerprint density at radius 3 is 2.90 bits per heavy atom. The molecule has 20 heavy (non-hydrogen) atoms. The molecule has 0 aromatic heterocycles. The Kier molecular flexibility index (Phi) is 4.96. The van der Waals surface area contributed by atoms with Crippen molar-refractivity contribution in [3.63, 3.8) is 0 Å². The Morgan fingerprint density at radius 1 is 1.55 bits per heavy atom. The lowest BCUT2D eigenvalue weighted by Crippen LogP contribution is -2.27. The lowest BCUT2D eigenvalue weighted by atomic mass is 10.1. The standard InChI is InChI=1S/C14H20ClN3O2/c1-16-6-5-12(9-16)10-17(2)8-11-3-4-13(15)14(7-11)18(19)20/h3-4,7,12H,5-6,8-10H2,1-2H3. The fourth-order valence-corrected chi connectivity index (χ4v) is 2.98. The SMILES string of the molecule is CN1CCC(CN(C)Cc2ccc(Cl)c([N+](=O)[O-])c2)C1. The molecule has 1 aliphatic rings. The molecule has 5 nitrogen and oxygen atoms in total. The van der Waals surface area contributed by atoms with Crippen LogP contribution in [0.1, 0.15) is 12.0 Å². The van der Waals surface area contributed by atoms with E-state index in [2.05, 4.69) is 23.9 Å². The first-order valence-electron chi connectivity index (χ1n) is 6.75. The maximum atomic E-state index is 10.9. The molecule has 0 bridgehead atoms. The zero-order valence-electron chi connectivity index (χ0n) is 11.9. The summed E-state index contributed by atoms with van der Waals surface area (Å²) in [6, 6.07) is 5.03. The third kappa shape index (κ3) is 3.91. The molecule has 1 aromatic rings. The quantitative estimate of drug-likeness (QED) is 0.619. The Hall–Kier alpha value is -1.17. The normalized spacial score (nSPS) is 19.7. The number of hydrogen-bond acceptors (Lipinski definition) is 4. The van der Waals surface area contributed by atoms with Gasteiger partial charge in [-0.05, 0) is 44.6 Å². The maximum absolute atomic E-state index is 10.9. The number of rotatable bonds is 5. The van der Waals surface area contributed by atoms with Crippen molar-refractivity contribution in [1.82, 2.24) is 9.80 Å². The predicted molar refractivity (Wildman–Crippen MR) is 80.0 cm³/mol. The van der Waals surface area contributed by atoms with E-state index in [-0.39, 0.29) is 10.7 Å². The highest BCUT2D eigenvalue weighted by atomic mass is 35.5. The zero-order chi connectivity index (χ0) is 14.7. The zero-order valence-corrected chi connectivity index (χ0v) is 12.6. The number of benzene rings is 1. The Balaban J connectivity index is 1.95. The molecular formula is C14H20ClN3O2. The molecule has 0 aliphatic carbocycles. The number of likely N-dealkylation sites (tertiary alicyclic amines) is 1. The van der Waals surface area contributed by atoms with E-state index in [9.17, 15) is 10.1 Å². The van der Waals surface area contributed by atoms with Crippen molar-refractivity contribution >= 4 is 17.3 Å². The number of hydrogen-bond donors (Lipinski definition) is 0. The predicted octanol–water partition coefficient (Wildman–Crippen LogP) is 2.63. The second-order valence-electron chi connectivity index (χ2n) is 5.66. The molecule has 0 spiro atoms. The maximum Gasteiger partial charge on any atom is 0.288 e. The topological polar surface area (TPSA) is 49.6 Å². The first kappa shape index (κ1) is 15.2. The van der Waals surface area contributed by atoms with Gasteiger partial charge in [-0.2, -0.15) is 0 Å². The number of nitro groups is 1. The molecular weight excluding hydrogens is 278 g/mol. The van der Waals surface area contributed by atoms with Crippen molar-refractivity contribution in [2.75, 3.05) is 33.7 Å². The van der Waals surface area contributed by atoms with Crippen molar-refractivity contribution in [3.8, 4) is 0 Å². The van der Waals surface area contributed by atoms with E-state index in [1.807, 2.05) is 6.07 Å². The summed E-state index contributed by atoms with van der Waals surface area (Å²) in [5, 5.41) is 11.1. The van der Waals surface area contributed by atoms with Gasteiger partial charge in [0.2, 0.25) is 0 Å². The molecule has 1 unspecified atom stereocenters. The Labute approximate surface area is 124 Å². The summed E-state index contributed by atoms with van der Waals surface area (Å²) in [6.45, 7) is 4.01. The van der Waals surface area contributed by atoms with E-state index in [0.717, 1.165) is 25.2 Å². The smallest absolute Gasteiger partial charge is 0.288 e. The number of nitro benzene ring substituents is 1. The molecule has 1 saturated heterocycles. The van der Waals surface area contributed by atoms with Gasteiger partial charge in [-0.3, -0.25) is 10.1 Å². The molecule has 1 heterocycles. The van der Waals surface area contributed by atoms with Gasteiger partial charge >= 0.3 is 0 Å². The van der Waals surface area contributed by atoms with E-state index in [4.69, 9.17) is 11.6 Å². The summed E-state index contributed by atoms with van der Waals surface area (Å²) in [6.07, 6.45) is 1.22. The summed E-state index contributed by atoms with van der Waals surface area (Å²) in [4.78, 5) is 15.0. The van der Waals surface area contributed by atoms with Gasteiger partial charge in [0.1, 0.15) is 5.02 Å². The highest BCUT2D eigenvalue weighted by molar-refractivity contribution is 6.32. The van der Waals surface area contributed by atoms with Gasteiger partial charge in [-0.15, -0.1) is 0 Å². The van der Waals surface area contributed by atoms with Gasteiger partial charge in [-0.1, -0.05) is 17.7 Å². The van der Waals surface area contributed by atoms with Crippen LogP contribution < -0.4 is 0 Å². The van der Waals surface area contributed by atoms with Crippen molar-refractivity contribution < 1.29 is 4.92 Å². The van der Waals surface area contributed by atoms with Gasteiger partial charge < -0.3 is 9.80 Å². The van der Waals surface area contributed by atoms with Gasteiger partial charge in [0.15, 0.2) is 0 Å². The average Bonchev–Trinajstić information content (AvgIpc) is 2.76.